The van der Waals surface area contributed by atoms with Gasteiger partial charge in [0.2, 0.25) is 0 Å². The molecular formula is C15H28N2O. The van der Waals surface area contributed by atoms with E-state index in [1.54, 1.807) is 0 Å². The number of nitrogens with zero attached hydrogens (tertiary/aromatic N) is 1. The van der Waals surface area contributed by atoms with Crippen molar-refractivity contribution < 1.29 is 4.74 Å². The summed E-state index contributed by atoms with van der Waals surface area (Å²) in [7, 11) is 1.88. The molecule has 0 aromatic rings. The van der Waals surface area contributed by atoms with Gasteiger partial charge < -0.3 is 10.1 Å². The van der Waals surface area contributed by atoms with Crippen LogP contribution in [-0.2, 0) is 4.74 Å². The van der Waals surface area contributed by atoms with E-state index in [1.807, 2.05) is 7.11 Å². The Kier molecular flexibility index (Phi) is 3.92. The maximum atomic E-state index is 5.60. The molecule has 5 unspecified atom stereocenters. The summed E-state index contributed by atoms with van der Waals surface area (Å²) in [6.45, 7) is 6.20. The Morgan fingerprint density at radius 1 is 1.28 bits per heavy atom. The molecule has 2 aliphatic heterocycles. The molecule has 0 amide bonds. The standard InChI is InChI=1S/C15H28N2O/c1-3-15-14-9-16-8-11(14)10-17(15)12-5-4-6-13(7-12)18-2/h11-16H,3-10H2,1-2H3. The third kappa shape index (κ3) is 2.21. The Hall–Kier alpha value is -0.120. The molecule has 0 radical (unpaired) electrons. The molecule has 1 saturated carbocycles. The quantitative estimate of drug-likeness (QED) is 0.830. The highest BCUT2D eigenvalue weighted by Gasteiger charge is 2.45. The van der Waals surface area contributed by atoms with Crippen LogP contribution >= 0.6 is 0 Å². The van der Waals surface area contributed by atoms with Gasteiger partial charge in [-0.15, -0.1) is 0 Å². The van der Waals surface area contributed by atoms with Crippen molar-refractivity contribution in [1.82, 2.24) is 10.2 Å². The number of fused-ring (bicyclic) bond motifs is 1. The predicted molar refractivity (Wildman–Crippen MR) is 73.7 cm³/mol. The summed E-state index contributed by atoms with van der Waals surface area (Å²) in [5, 5.41) is 3.58. The zero-order valence-electron chi connectivity index (χ0n) is 11.9. The smallest absolute Gasteiger partial charge is 0.0586 e. The highest BCUT2D eigenvalue weighted by atomic mass is 16.5. The number of nitrogens with one attached hydrogen (secondary N) is 1. The number of hydrogen-bond donors (Lipinski definition) is 1. The molecule has 2 heterocycles. The number of hydrogen-bond acceptors (Lipinski definition) is 3. The zero-order chi connectivity index (χ0) is 12.5. The van der Waals surface area contributed by atoms with Crippen molar-refractivity contribution in [3.05, 3.63) is 0 Å². The molecule has 3 fully saturated rings. The minimum atomic E-state index is 0.514. The molecule has 3 nitrogen and oxygen atoms in total. The number of ether oxygens (including phenoxy) is 1. The highest BCUT2D eigenvalue weighted by Crippen LogP contribution is 2.38. The Morgan fingerprint density at radius 2 is 2.17 bits per heavy atom. The van der Waals surface area contributed by atoms with Gasteiger partial charge in [-0.05, 0) is 57.0 Å². The minimum Gasteiger partial charge on any atom is -0.381 e. The van der Waals surface area contributed by atoms with Crippen LogP contribution in [0.5, 0.6) is 0 Å². The summed E-state index contributed by atoms with van der Waals surface area (Å²) < 4.78 is 5.60. The van der Waals surface area contributed by atoms with Gasteiger partial charge in [-0.2, -0.15) is 0 Å². The van der Waals surface area contributed by atoms with Crippen LogP contribution in [0.15, 0.2) is 0 Å². The van der Waals surface area contributed by atoms with Crippen LogP contribution in [0.25, 0.3) is 0 Å². The maximum absolute atomic E-state index is 5.60. The lowest BCUT2D eigenvalue weighted by atomic mass is 9.89. The first-order valence-electron chi connectivity index (χ1n) is 7.82. The van der Waals surface area contributed by atoms with Gasteiger partial charge in [0.25, 0.3) is 0 Å². The predicted octanol–water partition coefficient (Wildman–Crippen LogP) is 1.87. The molecule has 2 saturated heterocycles. The van der Waals surface area contributed by atoms with Gasteiger partial charge in [0, 0.05) is 25.7 Å². The molecule has 5 atom stereocenters. The molecule has 3 rings (SSSR count). The van der Waals surface area contributed by atoms with E-state index in [4.69, 9.17) is 4.74 Å². The van der Waals surface area contributed by atoms with Crippen molar-refractivity contribution in [1.29, 1.82) is 0 Å². The third-order valence-electron chi connectivity index (χ3n) is 5.58. The van der Waals surface area contributed by atoms with E-state index in [1.165, 1.54) is 51.7 Å². The van der Waals surface area contributed by atoms with Crippen LogP contribution < -0.4 is 5.32 Å². The van der Waals surface area contributed by atoms with E-state index in [0.717, 1.165) is 23.9 Å². The van der Waals surface area contributed by atoms with Gasteiger partial charge in [0.1, 0.15) is 0 Å². The summed E-state index contributed by atoms with van der Waals surface area (Å²) in [5.74, 6) is 1.83. The normalized spacial score (nSPS) is 45.3. The molecule has 1 N–H and O–H groups in total. The lowest BCUT2D eigenvalue weighted by Crippen LogP contribution is -2.45. The Balaban J connectivity index is 1.67. The summed E-state index contributed by atoms with van der Waals surface area (Å²) in [4.78, 5) is 2.85. The number of rotatable bonds is 3. The molecular weight excluding hydrogens is 224 g/mol. The van der Waals surface area contributed by atoms with Gasteiger partial charge in [-0.1, -0.05) is 6.92 Å². The van der Waals surface area contributed by atoms with Crippen molar-refractivity contribution in [3.8, 4) is 0 Å². The highest BCUT2D eigenvalue weighted by molar-refractivity contribution is 5.00. The van der Waals surface area contributed by atoms with Crippen molar-refractivity contribution in [2.45, 2.75) is 57.2 Å². The van der Waals surface area contributed by atoms with Gasteiger partial charge >= 0.3 is 0 Å². The molecule has 0 aromatic carbocycles. The van der Waals surface area contributed by atoms with Crippen molar-refractivity contribution in [2.24, 2.45) is 11.8 Å². The molecule has 18 heavy (non-hydrogen) atoms. The Bertz CT molecular complexity index is 284. The van der Waals surface area contributed by atoms with Gasteiger partial charge in [0.05, 0.1) is 6.10 Å². The third-order valence-corrected chi connectivity index (χ3v) is 5.58. The topological polar surface area (TPSA) is 24.5 Å². The minimum absolute atomic E-state index is 0.514. The van der Waals surface area contributed by atoms with Gasteiger partial charge in [-0.3, -0.25) is 4.90 Å². The first kappa shape index (κ1) is 12.9. The maximum Gasteiger partial charge on any atom is 0.0586 e. The first-order chi connectivity index (χ1) is 8.83. The number of methoxy groups -OCH3 is 1. The lowest BCUT2D eigenvalue weighted by Gasteiger charge is -2.39. The molecule has 0 spiro atoms. The van der Waals surface area contributed by atoms with Crippen LogP contribution in [0.3, 0.4) is 0 Å². The molecule has 3 aliphatic rings. The van der Waals surface area contributed by atoms with Crippen molar-refractivity contribution in [3.63, 3.8) is 0 Å². The van der Waals surface area contributed by atoms with Crippen molar-refractivity contribution in [2.75, 3.05) is 26.7 Å². The second kappa shape index (κ2) is 5.48. The van der Waals surface area contributed by atoms with E-state index in [2.05, 4.69) is 17.1 Å². The van der Waals surface area contributed by atoms with Crippen LogP contribution in [-0.4, -0.2) is 49.8 Å². The van der Waals surface area contributed by atoms with E-state index in [-0.39, 0.29) is 0 Å². The van der Waals surface area contributed by atoms with Gasteiger partial charge in [0.15, 0.2) is 0 Å². The molecule has 1 aliphatic carbocycles. The summed E-state index contributed by atoms with van der Waals surface area (Å²) in [6, 6.07) is 1.62. The van der Waals surface area contributed by atoms with E-state index < -0.39 is 0 Å². The summed E-state index contributed by atoms with van der Waals surface area (Å²) in [6.07, 6.45) is 7.11. The second-order valence-corrected chi connectivity index (χ2v) is 6.43. The molecule has 3 heteroatoms. The van der Waals surface area contributed by atoms with Gasteiger partial charge in [-0.25, -0.2) is 0 Å². The summed E-state index contributed by atoms with van der Waals surface area (Å²) in [5.41, 5.74) is 0. The van der Waals surface area contributed by atoms with E-state index in [0.29, 0.717) is 6.10 Å². The zero-order valence-corrected chi connectivity index (χ0v) is 11.9. The van der Waals surface area contributed by atoms with E-state index in [9.17, 15) is 0 Å². The molecule has 104 valence electrons. The second-order valence-electron chi connectivity index (χ2n) is 6.43. The Labute approximate surface area is 111 Å². The molecule has 0 bridgehead atoms. The Morgan fingerprint density at radius 3 is 2.94 bits per heavy atom. The monoisotopic (exact) mass is 252 g/mol. The van der Waals surface area contributed by atoms with Crippen LogP contribution in [0.4, 0.5) is 0 Å². The van der Waals surface area contributed by atoms with Crippen LogP contribution in [0.2, 0.25) is 0 Å². The van der Waals surface area contributed by atoms with Crippen LogP contribution in [0.1, 0.15) is 39.0 Å². The lowest BCUT2D eigenvalue weighted by molar-refractivity contribution is 0.0202. The first-order valence-corrected chi connectivity index (χ1v) is 7.82. The average Bonchev–Trinajstić information content (AvgIpc) is 2.98. The SMILES string of the molecule is CCC1C2CNCC2CN1C1CCCC(OC)C1. The van der Waals surface area contributed by atoms with Crippen molar-refractivity contribution >= 4 is 0 Å². The fourth-order valence-corrected chi connectivity index (χ4v) is 4.65. The van der Waals surface area contributed by atoms with Crippen LogP contribution in [0, 0.1) is 11.8 Å². The average molecular weight is 252 g/mol. The van der Waals surface area contributed by atoms with E-state index >= 15 is 0 Å². The number of likely N-dealkylation sites (tertiary alicyclic amines) is 1. The largest absolute Gasteiger partial charge is 0.381 e. The fourth-order valence-electron chi connectivity index (χ4n) is 4.65. The fraction of sp³-hybridized carbons (Fsp3) is 1.00. The molecule has 0 aromatic heterocycles. The summed E-state index contributed by atoms with van der Waals surface area (Å²) >= 11 is 0.